The van der Waals surface area contributed by atoms with Gasteiger partial charge in [0.1, 0.15) is 4.75 Å². The Morgan fingerprint density at radius 2 is 1.75 bits per heavy atom. The molecular weight excluding hydrogens is 274 g/mol. The van der Waals surface area contributed by atoms with Crippen LogP contribution in [-0.4, -0.2) is 41.8 Å². The molecule has 0 aromatic heterocycles. The van der Waals surface area contributed by atoms with Crippen molar-refractivity contribution < 1.29 is 13.2 Å². The topological polar surface area (TPSA) is 54.5 Å². The molecule has 1 heterocycles. The summed E-state index contributed by atoms with van der Waals surface area (Å²) in [5.74, 6) is 0.115. The molecule has 1 amide bonds. The largest absolute Gasteiger partial charge is 0.337 e. The predicted octanol–water partition coefficient (Wildman–Crippen LogP) is 2.24. The van der Waals surface area contributed by atoms with Gasteiger partial charge < -0.3 is 4.90 Å². The minimum absolute atomic E-state index is 0.0727. The van der Waals surface area contributed by atoms with E-state index in [9.17, 15) is 13.2 Å². The van der Waals surface area contributed by atoms with Crippen molar-refractivity contribution in [1.82, 2.24) is 4.90 Å². The van der Waals surface area contributed by atoms with Gasteiger partial charge in [0.15, 0.2) is 9.84 Å². The van der Waals surface area contributed by atoms with Crippen LogP contribution in [0, 0.1) is 11.3 Å². The molecule has 2 aliphatic rings. The average Bonchev–Trinajstić information content (AvgIpc) is 3.07. The summed E-state index contributed by atoms with van der Waals surface area (Å²) in [6, 6.07) is 0.128. The summed E-state index contributed by atoms with van der Waals surface area (Å²) >= 11 is 0. The van der Waals surface area contributed by atoms with Crippen molar-refractivity contribution in [3.8, 4) is 0 Å². The fourth-order valence-electron chi connectivity index (χ4n) is 3.66. The van der Waals surface area contributed by atoms with Gasteiger partial charge in [-0.2, -0.15) is 0 Å². The lowest BCUT2D eigenvalue weighted by Crippen LogP contribution is -2.69. The quantitative estimate of drug-likeness (QED) is 0.800. The number of hydrogen-bond acceptors (Lipinski definition) is 3. The molecule has 20 heavy (non-hydrogen) atoms. The van der Waals surface area contributed by atoms with Crippen LogP contribution in [0.3, 0.4) is 0 Å². The van der Waals surface area contributed by atoms with Gasteiger partial charge in [0.05, 0.1) is 5.25 Å². The lowest BCUT2D eigenvalue weighted by atomic mass is 9.69. The van der Waals surface area contributed by atoms with Crippen LogP contribution in [0.15, 0.2) is 0 Å². The zero-order valence-corrected chi connectivity index (χ0v) is 14.3. The monoisotopic (exact) mass is 301 g/mol. The second-order valence-corrected chi connectivity index (χ2v) is 10.6. The first-order valence-corrected chi connectivity index (χ1v) is 9.02. The molecule has 1 saturated carbocycles. The summed E-state index contributed by atoms with van der Waals surface area (Å²) in [6.45, 7) is 12.3. The van der Waals surface area contributed by atoms with Crippen molar-refractivity contribution in [1.29, 1.82) is 0 Å². The van der Waals surface area contributed by atoms with Crippen LogP contribution >= 0.6 is 0 Å². The zero-order valence-electron chi connectivity index (χ0n) is 13.4. The Balaban J connectivity index is 2.24. The summed E-state index contributed by atoms with van der Waals surface area (Å²) in [5.41, 5.74) is 0.0727. The maximum absolute atomic E-state index is 12.8. The Labute approximate surface area is 122 Å². The molecule has 4 nitrogen and oxygen atoms in total. The molecule has 2 rings (SSSR count). The molecule has 0 N–H and O–H groups in total. The fraction of sp³-hybridized carbons (Fsp3) is 0.933. The highest BCUT2D eigenvalue weighted by molar-refractivity contribution is 7.94. The Morgan fingerprint density at radius 1 is 1.25 bits per heavy atom. The average molecular weight is 301 g/mol. The van der Waals surface area contributed by atoms with E-state index in [0.717, 1.165) is 0 Å². The number of likely N-dealkylation sites (tertiary alicyclic amines) is 1. The number of carbonyl (C=O) groups excluding carboxylic acids is 1. The van der Waals surface area contributed by atoms with E-state index >= 15 is 0 Å². The van der Waals surface area contributed by atoms with E-state index in [2.05, 4.69) is 27.7 Å². The van der Waals surface area contributed by atoms with Gasteiger partial charge in [-0.15, -0.1) is 0 Å². The van der Waals surface area contributed by atoms with Crippen molar-refractivity contribution in [3.63, 3.8) is 0 Å². The molecule has 5 heteroatoms. The van der Waals surface area contributed by atoms with Gasteiger partial charge in [0.25, 0.3) is 0 Å². The smallest absolute Gasteiger partial charge is 0.243 e. The molecule has 0 aromatic carbocycles. The van der Waals surface area contributed by atoms with Crippen molar-refractivity contribution in [3.05, 3.63) is 0 Å². The van der Waals surface area contributed by atoms with Crippen molar-refractivity contribution in [2.45, 2.75) is 70.4 Å². The molecule has 0 radical (unpaired) electrons. The molecule has 1 saturated heterocycles. The van der Waals surface area contributed by atoms with Gasteiger partial charge in [-0.3, -0.25) is 4.79 Å². The number of carbonyl (C=O) groups is 1. The summed E-state index contributed by atoms with van der Waals surface area (Å²) in [7, 11) is -3.36. The molecule has 1 unspecified atom stereocenters. The molecule has 116 valence electrons. The summed E-state index contributed by atoms with van der Waals surface area (Å²) in [4.78, 5) is 14.6. The second kappa shape index (κ2) is 4.46. The maximum atomic E-state index is 12.8. The van der Waals surface area contributed by atoms with Crippen molar-refractivity contribution in [2.24, 2.45) is 11.3 Å². The predicted molar refractivity (Wildman–Crippen MR) is 80.1 cm³/mol. The van der Waals surface area contributed by atoms with Crippen LogP contribution in [-0.2, 0) is 14.6 Å². The first-order valence-electron chi connectivity index (χ1n) is 7.47. The first kappa shape index (κ1) is 15.8. The van der Waals surface area contributed by atoms with E-state index in [0.29, 0.717) is 25.3 Å². The highest BCUT2D eigenvalue weighted by atomic mass is 32.2. The fourth-order valence-corrected chi connectivity index (χ4v) is 5.61. The summed E-state index contributed by atoms with van der Waals surface area (Å²) < 4.78 is 23.7. The maximum Gasteiger partial charge on any atom is 0.243 e. The number of rotatable bonds is 4. The van der Waals surface area contributed by atoms with Gasteiger partial charge >= 0.3 is 0 Å². The van der Waals surface area contributed by atoms with E-state index < -0.39 is 14.6 Å². The van der Waals surface area contributed by atoms with Gasteiger partial charge in [0.2, 0.25) is 5.91 Å². The zero-order chi connectivity index (χ0) is 15.5. The molecule has 1 atom stereocenters. The van der Waals surface area contributed by atoms with Gasteiger partial charge in [-0.1, -0.05) is 27.7 Å². The summed E-state index contributed by atoms with van der Waals surface area (Å²) in [6.07, 6.45) is 1.41. The molecule has 2 fully saturated rings. The standard InChI is InChI=1S/C15H27NO3S/c1-10(2)12-14(3,4)9-16(12)13(17)15(5,6)20(18,19)11-7-8-11/h10-12H,7-9H2,1-6H3. The second-order valence-electron chi connectivity index (χ2n) is 7.87. The van der Waals surface area contributed by atoms with Gasteiger partial charge in [-0.05, 0) is 32.6 Å². The first-order chi connectivity index (χ1) is 8.93. The minimum atomic E-state index is -3.36. The van der Waals surface area contributed by atoms with Crippen LogP contribution in [0.5, 0.6) is 0 Å². The third-order valence-electron chi connectivity index (χ3n) is 4.80. The van der Waals surface area contributed by atoms with Crippen molar-refractivity contribution >= 4 is 15.7 Å². The Kier molecular flexibility index (Phi) is 3.52. The van der Waals surface area contributed by atoms with E-state index in [4.69, 9.17) is 0 Å². The highest BCUT2D eigenvalue weighted by Gasteiger charge is 2.57. The minimum Gasteiger partial charge on any atom is -0.337 e. The number of sulfone groups is 1. The van der Waals surface area contributed by atoms with Crippen LogP contribution in [0.4, 0.5) is 0 Å². The van der Waals surface area contributed by atoms with E-state index in [1.165, 1.54) is 0 Å². The number of hydrogen-bond donors (Lipinski definition) is 0. The normalized spacial score (nSPS) is 26.6. The van der Waals surface area contributed by atoms with E-state index in [-0.39, 0.29) is 22.6 Å². The Hall–Kier alpha value is -0.580. The molecular formula is C15H27NO3S. The van der Waals surface area contributed by atoms with E-state index in [1.54, 1.807) is 18.7 Å². The van der Waals surface area contributed by atoms with Crippen LogP contribution < -0.4 is 0 Å². The lowest BCUT2D eigenvalue weighted by molar-refractivity contribution is -0.157. The number of nitrogens with zero attached hydrogens (tertiary/aromatic N) is 1. The summed E-state index contributed by atoms with van der Waals surface area (Å²) in [5, 5.41) is -0.298. The van der Waals surface area contributed by atoms with Crippen LogP contribution in [0.25, 0.3) is 0 Å². The van der Waals surface area contributed by atoms with Crippen LogP contribution in [0.2, 0.25) is 0 Å². The molecule has 0 bridgehead atoms. The molecule has 1 aliphatic heterocycles. The molecule has 1 aliphatic carbocycles. The Bertz CT molecular complexity index is 515. The van der Waals surface area contributed by atoms with Crippen LogP contribution in [0.1, 0.15) is 54.4 Å². The molecule has 0 spiro atoms. The number of amides is 1. The SMILES string of the molecule is CC(C)C1N(C(=O)C(C)(C)S(=O)(=O)C2CC2)CC1(C)C. The van der Waals surface area contributed by atoms with Crippen molar-refractivity contribution in [2.75, 3.05) is 6.54 Å². The van der Waals surface area contributed by atoms with Gasteiger partial charge in [0, 0.05) is 18.0 Å². The van der Waals surface area contributed by atoms with Gasteiger partial charge in [-0.25, -0.2) is 8.42 Å². The third-order valence-corrected chi connectivity index (χ3v) is 7.74. The third kappa shape index (κ3) is 2.18. The molecule has 0 aromatic rings. The van der Waals surface area contributed by atoms with E-state index in [1.807, 2.05) is 0 Å². The highest BCUT2D eigenvalue weighted by Crippen LogP contribution is 2.44. The Morgan fingerprint density at radius 3 is 2.10 bits per heavy atom. The lowest BCUT2D eigenvalue weighted by Gasteiger charge is -2.57.